The van der Waals surface area contributed by atoms with Gasteiger partial charge in [0.25, 0.3) is 0 Å². The lowest BCUT2D eigenvalue weighted by Gasteiger charge is -2.23. The highest BCUT2D eigenvalue weighted by Crippen LogP contribution is 2.04. The molecule has 158 valence electrons. The van der Waals surface area contributed by atoms with Crippen LogP contribution in [0.25, 0.3) is 0 Å². The van der Waals surface area contributed by atoms with E-state index in [0.717, 1.165) is 12.0 Å². The first kappa shape index (κ1) is 24.5. The van der Waals surface area contributed by atoms with Gasteiger partial charge in [-0.1, -0.05) is 60.7 Å². The SMILES string of the molecule is CN(Cc1ccccc1)C(=O)NCCC(=O)N(CCN)CCc1ccccc1.Cl. The molecule has 0 bridgehead atoms. The summed E-state index contributed by atoms with van der Waals surface area (Å²) in [7, 11) is 1.74. The van der Waals surface area contributed by atoms with Crippen LogP contribution in [-0.2, 0) is 17.8 Å². The minimum Gasteiger partial charge on any atom is -0.341 e. The number of hydrogen-bond acceptors (Lipinski definition) is 3. The molecule has 0 saturated heterocycles. The zero-order valence-electron chi connectivity index (χ0n) is 16.9. The normalized spacial score (nSPS) is 10.0. The molecule has 0 aliphatic carbocycles. The number of halogens is 1. The third kappa shape index (κ3) is 8.98. The van der Waals surface area contributed by atoms with Gasteiger partial charge in [-0.05, 0) is 17.5 Å². The van der Waals surface area contributed by atoms with E-state index in [1.807, 2.05) is 60.7 Å². The molecule has 3 N–H and O–H groups in total. The Bertz CT molecular complexity index is 728. The van der Waals surface area contributed by atoms with Crippen LogP contribution in [0.5, 0.6) is 0 Å². The van der Waals surface area contributed by atoms with Crippen LogP contribution in [0.1, 0.15) is 17.5 Å². The summed E-state index contributed by atoms with van der Waals surface area (Å²) in [5, 5.41) is 2.81. The molecule has 0 aromatic heterocycles. The van der Waals surface area contributed by atoms with Gasteiger partial charge in [0.15, 0.2) is 0 Å². The first-order chi connectivity index (χ1) is 13.6. The van der Waals surface area contributed by atoms with Gasteiger partial charge in [0.05, 0.1) is 0 Å². The van der Waals surface area contributed by atoms with Crippen LogP contribution in [0.2, 0.25) is 0 Å². The molecule has 0 aliphatic rings. The Labute approximate surface area is 179 Å². The van der Waals surface area contributed by atoms with Crippen molar-refractivity contribution in [1.82, 2.24) is 15.1 Å². The quantitative estimate of drug-likeness (QED) is 0.622. The summed E-state index contributed by atoms with van der Waals surface area (Å²) in [4.78, 5) is 28.1. The zero-order valence-corrected chi connectivity index (χ0v) is 17.7. The van der Waals surface area contributed by atoms with E-state index in [2.05, 4.69) is 5.32 Å². The number of nitrogens with two attached hydrogens (primary N) is 1. The summed E-state index contributed by atoms with van der Waals surface area (Å²) in [6.07, 6.45) is 1.05. The fourth-order valence-corrected chi connectivity index (χ4v) is 2.92. The van der Waals surface area contributed by atoms with Gasteiger partial charge in [-0.3, -0.25) is 4.79 Å². The van der Waals surface area contributed by atoms with E-state index >= 15 is 0 Å². The van der Waals surface area contributed by atoms with Crippen LogP contribution in [0.3, 0.4) is 0 Å². The summed E-state index contributed by atoms with van der Waals surface area (Å²) >= 11 is 0. The van der Waals surface area contributed by atoms with Gasteiger partial charge in [-0.25, -0.2) is 4.79 Å². The summed E-state index contributed by atoms with van der Waals surface area (Å²) < 4.78 is 0. The predicted molar refractivity (Wildman–Crippen MR) is 119 cm³/mol. The minimum absolute atomic E-state index is 0. The topological polar surface area (TPSA) is 78.7 Å². The molecule has 29 heavy (non-hydrogen) atoms. The largest absolute Gasteiger partial charge is 0.341 e. The van der Waals surface area contributed by atoms with Crippen LogP contribution >= 0.6 is 12.4 Å². The van der Waals surface area contributed by atoms with Crippen LogP contribution in [0.15, 0.2) is 60.7 Å². The molecular formula is C22H31ClN4O2. The summed E-state index contributed by atoms with van der Waals surface area (Å²) in [5.74, 6) is 0.00685. The van der Waals surface area contributed by atoms with Gasteiger partial charge in [-0.15, -0.1) is 12.4 Å². The van der Waals surface area contributed by atoms with E-state index in [1.54, 1.807) is 16.8 Å². The molecule has 0 radical (unpaired) electrons. The first-order valence-electron chi connectivity index (χ1n) is 9.65. The maximum absolute atomic E-state index is 12.5. The van der Waals surface area contributed by atoms with Crippen molar-refractivity contribution in [2.45, 2.75) is 19.4 Å². The Morgan fingerprint density at radius 3 is 2.10 bits per heavy atom. The van der Waals surface area contributed by atoms with Crippen molar-refractivity contribution >= 4 is 24.3 Å². The number of nitrogens with zero attached hydrogens (tertiary/aromatic N) is 2. The summed E-state index contributed by atoms with van der Waals surface area (Å²) in [6.45, 7) is 2.41. The van der Waals surface area contributed by atoms with Crippen molar-refractivity contribution in [3.63, 3.8) is 0 Å². The van der Waals surface area contributed by atoms with Gasteiger partial charge in [0.1, 0.15) is 0 Å². The molecule has 7 heteroatoms. The van der Waals surface area contributed by atoms with E-state index < -0.39 is 0 Å². The number of carbonyl (C=O) groups excluding carboxylic acids is 2. The van der Waals surface area contributed by atoms with Crippen molar-refractivity contribution in [2.75, 3.05) is 33.2 Å². The minimum atomic E-state index is -0.189. The fraction of sp³-hybridized carbons (Fsp3) is 0.364. The van der Waals surface area contributed by atoms with Crippen molar-refractivity contribution in [3.8, 4) is 0 Å². The standard InChI is InChI=1S/C22H30N4O2.ClH/c1-25(18-20-10-6-3-7-11-20)22(28)24-15-12-21(27)26(17-14-23)16-13-19-8-4-2-5-9-19;/h2-11H,12-18,23H2,1H3,(H,24,28);1H. The Balaban J connectivity index is 0.00000420. The molecule has 2 aromatic rings. The lowest BCUT2D eigenvalue weighted by Crippen LogP contribution is -2.41. The Kier molecular flexibility index (Phi) is 11.5. The third-order valence-corrected chi connectivity index (χ3v) is 4.49. The highest BCUT2D eigenvalue weighted by atomic mass is 35.5. The van der Waals surface area contributed by atoms with Crippen molar-refractivity contribution < 1.29 is 9.59 Å². The second kappa shape index (κ2) is 13.6. The number of benzene rings is 2. The second-order valence-electron chi connectivity index (χ2n) is 6.73. The average molecular weight is 419 g/mol. The first-order valence-corrected chi connectivity index (χ1v) is 9.65. The molecule has 2 rings (SSSR count). The molecule has 0 saturated carbocycles. The molecule has 0 unspecified atom stereocenters. The molecule has 0 aliphatic heterocycles. The predicted octanol–water partition coefficient (Wildman–Crippen LogP) is 2.67. The Morgan fingerprint density at radius 2 is 1.52 bits per heavy atom. The molecule has 2 aromatic carbocycles. The Hall–Kier alpha value is -2.57. The lowest BCUT2D eigenvalue weighted by molar-refractivity contribution is -0.130. The fourth-order valence-electron chi connectivity index (χ4n) is 2.92. The van der Waals surface area contributed by atoms with E-state index in [4.69, 9.17) is 5.73 Å². The number of urea groups is 1. The van der Waals surface area contributed by atoms with Gasteiger partial charge in [0.2, 0.25) is 5.91 Å². The van der Waals surface area contributed by atoms with Crippen LogP contribution in [-0.4, -0.2) is 55.0 Å². The van der Waals surface area contributed by atoms with Crippen molar-refractivity contribution in [3.05, 3.63) is 71.8 Å². The molecule has 3 amide bonds. The van der Waals surface area contributed by atoms with Crippen LogP contribution in [0.4, 0.5) is 4.79 Å². The maximum atomic E-state index is 12.5. The van der Waals surface area contributed by atoms with Gasteiger partial charge < -0.3 is 20.9 Å². The monoisotopic (exact) mass is 418 g/mol. The van der Waals surface area contributed by atoms with Gasteiger partial charge >= 0.3 is 6.03 Å². The van der Waals surface area contributed by atoms with E-state index in [1.165, 1.54) is 5.56 Å². The molecular weight excluding hydrogens is 388 g/mol. The Morgan fingerprint density at radius 1 is 0.931 bits per heavy atom. The summed E-state index contributed by atoms with van der Waals surface area (Å²) in [6, 6.07) is 19.7. The smallest absolute Gasteiger partial charge is 0.317 e. The molecule has 0 atom stereocenters. The number of nitrogens with one attached hydrogen (secondary N) is 1. The number of rotatable bonds is 10. The number of amides is 3. The number of carbonyl (C=O) groups is 2. The average Bonchev–Trinajstić information content (AvgIpc) is 2.72. The maximum Gasteiger partial charge on any atom is 0.317 e. The lowest BCUT2D eigenvalue weighted by atomic mass is 10.1. The molecule has 0 spiro atoms. The van der Waals surface area contributed by atoms with Gasteiger partial charge in [0, 0.05) is 46.2 Å². The van der Waals surface area contributed by atoms with E-state index in [0.29, 0.717) is 32.7 Å². The van der Waals surface area contributed by atoms with Crippen LogP contribution in [0, 0.1) is 0 Å². The zero-order chi connectivity index (χ0) is 20.2. The third-order valence-electron chi connectivity index (χ3n) is 4.49. The highest BCUT2D eigenvalue weighted by molar-refractivity contribution is 5.85. The van der Waals surface area contributed by atoms with Gasteiger partial charge in [-0.2, -0.15) is 0 Å². The summed E-state index contributed by atoms with van der Waals surface area (Å²) in [5.41, 5.74) is 7.91. The highest BCUT2D eigenvalue weighted by Gasteiger charge is 2.14. The molecule has 0 heterocycles. The second-order valence-corrected chi connectivity index (χ2v) is 6.73. The van der Waals surface area contributed by atoms with E-state index in [9.17, 15) is 9.59 Å². The molecule has 6 nitrogen and oxygen atoms in total. The molecule has 0 fully saturated rings. The van der Waals surface area contributed by atoms with E-state index in [-0.39, 0.29) is 30.8 Å². The van der Waals surface area contributed by atoms with Crippen LogP contribution < -0.4 is 11.1 Å². The number of hydrogen-bond donors (Lipinski definition) is 2. The van der Waals surface area contributed by atoms with Crippen molar-refractivity contribution in [2.24, 2.45) is 5.73 Å². The van der Waals surface area contributed by atoms with Crippen molar-refractivity contribution in [1.29, 1.82) is 0 Å².